The first-order chi connectivity index (χ1) is 14.6. The van der Waals surface area contributed by atoms with Crippen molar-refractivity contribution in [2.75, 3.05) is 29.4 Å². The highest BCUT2D eigenvalue weighted by Gasteiger charge is 2.28. The van der Waals surface area contributed by atoms with Gasteiger partial charge >= 0.3 is 0 Å². The molecule has 0 saturated carbocycles. The number of nitrogens with zero attached hydrogens (tertiary/aromatic N) is 5. The van der Waals surface area contributed by atoms with Gasteiger partial charge in [0.15, 0.2) is 0 Å². The molecule has 152 valence electrons. The topological polar surface area (TPSA) is 58.3 Å². The van der Waals surface area contributed by atoms with E-state index in [1.54, 1.807) is 6.33 Å². The lowest BCUT2D eigenvalue weighted by Gasteiger charge is -2.42. The summed E-state index contributed by atoms with van der Waals surface area (Å²) in [7, 11) is 0. The van der Waals surface area contributed by atoms with Crippen LogP contribution < -0.4 is 9.80 Å². The monoisotopic (exact) mass is 419 g/mol. The maximum atomic E-state index is 6.05. The van der Waals surface area contributed by atoms with Crippen LogP contribution >= 0.6 is 11.6 Å². The van der Waals surface area contributed by atoms with E-state index < -0.39 is 0 Å². The lowest BCUT2D eigenvalue weighted by Crippen LogP contribution is -2.52. The smallest absolute Gasteiger partial charge is 0.263 e. The van der Waals surface area contributed by atoms with Gasteiger partial charge in [-0.25, -0.2) is 4.98 Å². The summed E-state index contributed by atoms with van der Waals surface area (Å²) in [4.78, 5) is 13.7. The Labute approximate surface area is 180 Å². The van der Waals surface area contributed by atoms with E-state index >= 15 is 0 Å². The number of anilines is 2. The Morgan fingerprint density at radius 1 is 1.07 bits per heavy atom. The quantitative estimate of drug-likeness (QED) is 0.467. The zero-order valence-corrected chi connectivity index (χ0v) is 17.7. The van der Waals surface area contributed by atoms with E-state index in [1.807, 2.05) is 24.3 Å². The van der Waals surface area contributed by atoms with Crippen molar-refractivity contribution in [3.63, 3.8) is 0 Å². The molecule has 1 saturated heterocycles. The van der Waals surface area contributed by atoms with Gasteiger partial charge < -0.3 is 14.3 Å². The summed E-state index contributed by atoms with van der Waals surface area (Å²) in [6.45, 7) is 7.01. The van der Waals surface area contributed by atoms with Crippen molar-refractivity contribution >= 4 is 34.2 Å². The first-order valence-electron chi connectivity index (χ1n) is 10.0. The van der Waals surface area contributed by atoms with Gasteiger partial charge in [0.2, 0.25) is 0 Å². The second kappa shape index (κ2) is 7.61. The van der Waals surface area contributed by atoms with E-state index in [0.717, 1.165) is 42.1 Å². The van der Waals surface area contributed by atoms with Crippen LogP contribution in [0.3, 0.4) is 0 Å². The molecular weight excluding hydrogens is 398 g/mol. The number of halogens is 1. The summed E-state index contributed by atoms with van der Waals surface area (Å²) in [6.07, 6.45) is 1.55. The molecule has 1 aliphatic heterocycles. The van der Waals surface area contributed by atoms with Crippen LogP contribution in [0.2, 0.25) is 5.02 Å². The highest BCUT2D eigenvalue weighted by atomic mass is 35.5. The molecule has 2 aromatic heterocycles. The Morgan fingerprint density at radius 2 is 1.90 bits per heavy atom. The second-order valence-corrected chi connectivity index (χ2v) is 8.18. The molecule has 1 atom stereocenters. The molecule has 5 rings (SSSR count). The summed E-state index contributed by atoms with van der Waals surface area (Å²) in [5.41, 5.74) is 4.71. The normalized spacial score (nSPS) is 17.0. The summed E-state index contributed by atoms with van der Waals surface area (Å²) in [6, 6.07) is 16.6. The lowest BCUT2D eigenvalue weighted by atomic mass is 10.1. The number of rotatable bonds is 3. The fraction of sp³-hybridized carbons (Fsp3) is 0.261. The zero-order chi connectivity index (χ0) is 20.7. The average Bonchev–Trinajstić information content (AvgIpc) is 3.18. The van der Waals surface area contributed by atoms with Crippen molar-refractivity contribution < 1.29 is 4.52 Å². The summed E-state index contributed by atoms with van der Waals surface area (Å²) in [5, 5.41) is 5.81. The number of hydrogen-bond donors (Lipinski definition) is 0. The fourth-order valence-electron chi connectivity index (χ4n) is 4.16. The molecule has 0 bridgehead atoms. The number of benzene rings is 2. The molecule has 3 heterocycles. The van der Waals surface area contributed by atoms with Crippen LogP contribution in [0, 0.1) is 6.92 Å². The van der Waals surface area contributed by atoms with Gasteiger partial charge in [-0.1, -0.05) is 41.0 Å². The van der Waals surface area contributed by atoms with Crippen LogP contribution in [-0.4, -0.2) is 40.8 Å². The molecule has 2 aromatic carbocycles. The number of hydrogen-bond acceptors (Lipinski definition) is 6. The SMILES string of the molecule is Cc1cccc(N2CCN(c3ncnc4onc(-c5ccc(Cl)cc5)c34)C[C@@H]2C)c1. The third-order valence-corrected chi connectivity index (χ3v) is 5.88. The number of fused-ring (bicyclic) bond motifs is 1. The minimum absolute atomic E-state index is 0.337. The van der Waals surface area contributed by atoms with E-state index in [9.17, 15) is 0 Å². The largest absolute Gasteiger partial charge is 0.365 e. The second-order valence-electron chi connectivity index (χ2n) is 7.74. The Balaban J connectivity index is 1.48. The number of aryl methyl sites for hydroxylation is 1. The van der Waals surface area contributed by atoms with Crippen molar-refractivity contribution in [2.45, 2.75) is 19.9 Å². The van der Waals surface area contributed by atoms with E-state index in [1.165, 1.54) is 11.3 Å². The van der Waals surface area contributed by atoms with Crippen LogP contribution in [0.15, 0.2) is 59.4 Å². The maximum Gasteiger partial charge on any atom is 0.263 e. The van der Waals surface area contributed by atoms with Crippen molar-refractivity contribution in [3.05, 3.63) is 65.4 Å². The third-order valence-electron chi connectivity index (χ3n) is 5.63. The molecule has 0 unspecified atom stereocenters. The maximum absolute atomic E-state index is 6.05. The van der Waals surface area contributed by atoms with Gasteiger partial charge in [0.25, 0.3) is 5.71 Å². The molecule has 30 heavy (non-hydrogen) atoms. The van der Waals surface area contributed by atoms with Gasteiger partial charge in [-0.15, -0.1) is 0 Å². The molecule has 1 fully saturated rings. The van der Waals surface area contributed by atoms with E-state index in [4.69, 9.17) is 16.1 Å². The van der Waals surface area contributed by atoms with Crippen LogP contribution in [0.5, 0.6) is 0 Å². The molecule has 0 N–H and O–H groups in total. The molecule has 6 nitrogen and oxygen atoms in total. The lowest BCUT2D eigenvalue weighted by molar-refractivity contribution is 0.451. The summed E-state index contributed by atoms with van der Waals surface area (Å²) < 4.78 is 5.52. The third kappa shape index (κ3) is 3.37. The van der Waals surface area contributed by atoms with Crippen molar-refractivity contribution in [1.29, 1.82) is 0 Å². The van der Waals surface area contributed by atoms with Crippen molar-refractivity contribution in [3.8, 4) is 11.3 Å². The van der Waals surface area contributed by atoms with Crippen LogP contribution in [-0.2, 0) is 0 Å². The Hall–Kier alpha value is -3.12. The molecule has 4 aromatic rings. The standard InChI is InChI=1S/C23H22ClN5O/c1-15-4-3-5-19(12-15)29-11-10-28(13-16(29)2)22-20-21(17-6-8-18(24)9-7-17)27-30-23(20)26-14-25-22/h3-9,12,14,16H,10-11,13H2,1-2H3/t16-/m0/s1. The van der Waals surface area contributed by atoms with Gasteiger partial charge in [-0.05, 0) is 43.7 Å². The Morgan fingerprint density at radius 3 is 2.67 bits per heavy atom. The van der Waals surface area contributed by atoms with E-state index in [-0.39, 0.29) is 0 Å². The van der Waals surface area contributed by atoms with Crippen molar-refractivity contribution in [2.24, 2.45) is 0 Å². The van der Waals surface area contributed by atoms with Gasteiger partial charge in [-0.2, -0.15) is 4.98 Å². The highest BCUT2D eigenvalue weighted by Crippen LogP contribution is 2.34. The van der Waals surface area contributed by atoms with E-state index in [0.29, 0.717) is 16.8 Å². The predicted molar refractivity (Wildman–Crippen MR) is 120 cm³/mol. The first-order valence-corrected chi connectivity index (χ1v) is 10.4. The van der Waals surface area contributed by atoms with Crippen molar-refractivity contribution in [1.82, 2.24) is 15.1 Å². The Kier molecular flexibility index (Phi) is 4.79. The highest BCUT2D eigenvalue weighted by molar-refractivity contribution is 6.30. The zero-order valence-electron chi connectivity index (χ0n) is 16.9. The van der Waals surface area contributed by atoms with Crippen LogP contribution in [0.1, 0.15) is 12.5 Å². The van der Waals surface area contributed by atoms with Gasteiger partial charge in [-0.3, -0.25) is 0 Å². The summed E-state index contributed by atoms with van der Waals surface area (Å²) in [5.74, 6) is 0.863. The number of aromatic nitrogens is 3. The first kappa shape index (κ1) is 18.9. The van der Waals surface area contributed by atoms with Gasteiger partial charge in [0.05, 0.1) is 0 Å². The van der Waals surface area contributed by atoms with Crippen LogP contribution in [0.25, 0.3) is 22.4 Å². The molecule has 1 aliphatic rings. The summed E-state index contributed by atoms with van der Waals surface area (Å²) >= 11 is 6.05. The molecule has 0 aliphatic carbocycles. The van der Waals surface area contributed by atoms with Gasteiger partial charge in [0, 0.05) is 41.9 Å². The van der Waals surface area contributed by atoms with Crippen LogP contribution in [0.4, 0.5) is 11.5 Å². The average molecular weight is 420 g/mol. The molecule has 0 radical (unpaired) electrons. The minimum Gasteiger partial charge on any atom is -0.365 e. The molecule has 0 spiro atoms. The predicted octanol–water partition coefficient (Wildman–Crippen LogP) is 4.96. The van der Waals surface area contributed by atoms with E-state index in [2.05, 4.69) is 63.0 Å². The minimum atomic E-state index is 0.337. The molecule has 0 amide bonds. The molecular formula is C23H22ClN5O. The van der Waals surface area contributed by atoms with Gasteiger partial charge in [0.1, 0.15) is 23.2 Å². The Bertz CT molecular complexity index is 1190. The molecule has 7 heteroatoms. The number of piperazine rings is 1. The fourth-order valence-corrected chi connectivity index (χ4v) is 4.28.